The van der Waals surface area contributed by atoms with E-state index in [2.05, 4.69) is 10.9 Å². The Morgan fingerprint density at radius 2 is 1.78 bits per heavy atom. The Morgan fingerprint density at radius 3 is 2.44 bits per heavy atom. The predicted molar refractivity (Wildman–Crippen MR) is 94.4 cm³/mol. The third-order valence-electron chi connectivity index (χ3n) is 4.07. The van der Waals surface area contributed by atoms with Crippen LogP contribution in [-0.2, 0) is 14.8 Å². The van der Waals surface area contributed by atoms with Crippen LogP contribution in [0.25, 0.3) is 0 Å². The maximum absolute atomic E-state index is 12.9. The molecule has 0 bridgehead atoms. The average molecular weight is 393 g/mol. The fourth-order valence-corrected chi connectivity index (χ4v) is 4.26. The highest BCUT2D eigenvalue weighted by molar-refractivity contribution is 7.89. The van der Waals surface area contributed by atoms with Crippen molar-refractivity contribution in [2.24, 2.45) is 0 Å². The molecule has 27 heavy (non-hydrogen) atoms. The quantitative estimate of drug-likeness (QED) is 0.738. The highest BCUT2D eigenvalue weighted by Gasteiger charge is 2.28. The molecule has 1 aliphatic rings. The number of hydrogen-bond donors (Lipinski definition) is 2. The molecule has 1 fully saturated rings. The van der Waals surface area contributed by atoms with Crippen LogP contribution in [0.2, 0.25) is 0 Å². The summed E-state index contributed by atoms with van der Waals surface area (Å²) in [6, 6.07) is 7.33. The van der Waals surface area contributed by atoms with E-state index in [-0.39, 0.29) is 29.3 Å². The maximum Gasteiger partial charge on any atom is 0.305 e. The van der Waals surface area contributed by atoms with Gasteiger partial charge in [-0.15, -0.1) is 0 Å². The van der Waals surface area contributed by atoms with Gasteiger partial charge in [0.15, 0.2) is 5.76 Å². The topological polar surface area (TPSA) is 118 Å². The van der Waals surface area contributed by atoms with Crippen molar-refractivity contribution in [3.05, 3.63) is 53.5 Å². The molecule has 1 aromatic carbocycles. The first kappa shape index (κ1) is 19.1. The van der Waals surface area contributed by atoms with Gasteiger partial charge in [0.1, 0.15) is 0 Å². The van der Waals surface area contributed by atoms with Crippen LogP contribution in [0.3, 0.4) is 0 Å². The molecule has 2 heterocycles. The van der Waals surface area contributed by atoms with Gasteiger partial charge < -0.3 is 9.15 Å². The summed E-state index contributed by atoms with van der Waals surface area (Å²) in [4.78, 5) is 24.1. The van der Waals surface area contributed by atoms with E-state index in [0.717, 1.165) is 0 Å². The lowest BCUT2D eigenvalue weighted by Crippen LogP contribution is -2.42. The number of ether oxygens (including phenoxy) is 1. The van der Waals surface area contributed by atoms with Crippen molar-refractivity contribution in [3.8, 4) is 0 Å². The average Bonchev–Trinajstić information content (AvgIpc) is 3.21. The first-order valence-electron chi connectivity index (χ1n) is 8.22. The molecule has 10 heteroatoms. The Balaban J connectivity index is 1.76. The third-order valence-corrected chi connectivity index (χ3v) is 6.11. The number of sulfonamides is 1. The summed E-state index contributed by atoms with van der Waals surface area (Å²) >= 11 is 0. The van der Waals surface area contributed by atoms with Gasteiger partial charge in [0.05, 0.1) is 24.4 Å². The van der Waals surface area contributed by atoms with Crippen LogP contribution in [0, 0.1) is 6.92 Å². The van der Waals surface area contributed by atoms with Crippen molar-refractivity contribution in [1.82, 2.24) is 15.2 Å². The van der Waals surface area contributed by atoms with E-state index in [1.54, 1.807) is 19.1 Å². The molecular weight excluding hydrogens is 374 g/mol. The van der Waals surface area contributed by atoms with E-state index >= 15 is 0 Å². The highest BCUT2D eigenvalue weighted by atomic mass is 32.2. The molecule has 0 spiro atoms. The summed E-state index contributed by atoms with van der Waals surface area (Å²) in [5.74, 6) is -1.23. The first-order valence-corrected chi connectivity index (χ1v) is 9.66. The second-order valence-electron chi connectivity index (χ2n) is 5.88. The number of nitrogens with zero attached hydrogens (tertiary/aromatic N) is 1. The number of rotatable bonds is 4. The number of morpholine rings is 1. The number of hydrazine groups is 1. The fraction of sp³-hybridized carbons (Fsp3) is 0.294. The van der Waals surface area contributed by atoms with Crippen molar-refractivity contribution in [3.63, 3.8) is 0 Å². The smallest absolute Gasteiger partial charge is 0.305 e. The summed E-state index contributed by atoms with van der Waals surface area (Å²) in [5.41, 5.74) is 5.08. The molecule has 2 amide bonds. The van der Waals surface area contributed by atoms with Crippen LogP contribution < -0.4 is 10.9 Å². The van der Waals surface area contributed by atoms with Gasteiger partial charge >= 0.3 is 5.91 Å². The predicted octanol–water partition coefficient (Wildman–Crippen LogP) is 0.684. The van der Waals surface area contributed by atoms with Gasteiger partial charge in [-0.3, -0.25) is 20.4 Å². The van der Waals surface area contributed by atoms with Gasteiger partial charge in [-0.1, -0.05) is 6.07 Å². The van der Waals surface area contributed by atoms with Gasteiger partial charge in [0, 0.05) is 18.7 Å². The van der Waals surface area contributed by atoms with Crippen LogP contribution >= 0.6 is 0 Å². The molecule has 0 saturated carbocycles. The second kappa shape index (κ2) is 7.91. The minimum absolute atomic E-state index is 0.0368. The summed E-state index contributed by atoms with van der Waals surface area (Å²) in [6.45, 7) is 2.84. The number of hydrogen-bond acceptors (Lipinski definition) is 6. The Kier molecular flexibility index (Phi) is 5.59. The minimum Gasteiger partial charge on any atom is -0.459 e. The van der Waals surface area contributed by atoms with Gasteiger partial charge in [0.25, 0.3) is 5.91 Å². The Labute approximate surface area is 156 Å². The number of benzene rings is 1. The molecule has 0 unspecified atom stereocenters. The van der Waals surface area contributed by atoms with E-state index in [9.17, 15) is 18.0 Å². The lowest BCUT2D eigenvalue weighted by atomic mass is 10.1. The van der Waals surface area contributed by atoms with Crippen LogP contribution in [0.15, 0.2) is 45.9 Å². The van der Waals surface area contributed by atoms with Crippen molar-refractivity contribution < 1.29 is 27.2 Å². The fourth-order valence-electron chi connectivity index (χ4n) is 2.60. The second-order valence-corrected chi connectivity index (χ2v) is 7.79. The van der Waals surface area contributed by atoms with Crippen LogP contribution in [0.5, 0.6) is 0 Å². The number of carbonyl (C=O) groups is 2. The molecular formula is C17H19N3O6S. The molecule has 2 aromatic rings. The number of carbonyl (C=O) groups excluding carboxylic acids is 2. The van der Waals surface area contributed by atoms with Gasteiger partial charge in [-0.2, -0.15) is 4.31 Å². The summed E-state index contributed by atoms with van der Waals surface area (Å²) in [6.07, 6.45) is 1.33. The Bertz CT molecular complexity index is 934. The zero-order valence-electron chi connectivity index (χ0n) is 14.6. The van der Waals surface area contributed by atoms with Crippen molar-refractivity contribution in [2.45, 2.75) is 11.8 Å². The molecule has 1 saturated heterocycles. The summed E-state index contributed by atoms with van der Waals surface area (Å²) in [7, 11) is -3.74. The number of aryl methyl sites for hydroxylation is 1. The van der Waals surface area contributed by atoms with E-state index in [4.69, 9.17) is 9.15 Å². The number of furan rings is 1. The molecule has 1 aliphatic heterocycles. The normalized spacial score (nSPS) is 15.3. The van der Waals surface area contributed by atoms with Crippen LogP contribution in [-0.4, -0.2) is 50.8 Å². The van der Waals surface area contributed by atoms with E-state index in [0.29, 0.717) is 18.8 Å². The molecule has 2 N–H and O–H groups in total. The van der Waals surface area contributed by atoms with E-state index in [1.165, 1.54) is 28.8 Å². The van der Waals surface area contributed by atoms with Crippen LogP contribution in [0.4, 0.5) is 0 Å². The van der Waals surface area contributed by atoms with Gasteiger partial charge in [-0.05, 0) is 36.8 Å². The highest BCUT2D eigenvalue weighted by Crippen LogP contribution is 2.22. The molecule has 0 atom stereocenters. The van der Waals surface area contributed by atoms with Crippen molar-refractivity contribution in [1.29, 1.82) is 0 Å². The maximum atomic E-state index is 12.9. The largest absolute Gasteiger partial charge is 0.459 e. The summed E-state index contributed by atoms with van der Waals surface area (Å²) in [5, 5.41) is 0. The van der Waals surface area contributed by atoms with Gasteiger partial charge in [-0.25, -0.2) is 8.42 Å². The molecule has 144 valence electrons. The standard InChI is InChI=1S/C17H19N3O6S/c1-12-4-5-13(16(21)18-19-17(22)14-3-2-8-26-14)11-15(12)27(23,24)20-6-9-25-10-7-20/h2-5,8,11H,6-7,9-10H2,1H3,(H,18,21)(H,19,22). The minimum atomic E-state index is -3.74. The lowest BCUT2D eigenvalue weighted by Gasteiger charge is -2.26. The molecule has 0 radical (unpaired) electrons. The Morgan fingerprint density at radius 1 is 1.07 bits per heavy atom. The Hall–Kier alpha value is -2.69. The molecule has 0 aliphatic carbocycles. The van der Waals surface area contributed by atoms with Crippen LogP contribution in [0.1, 0.15) is 26.5 Å². The summed E-state index contributed by atoms with van der Waals surface area (Å²) < 4.78 is 37.2. The SMILES string of the molecule is Cc1ccc(C(=O)NNC(=O)c2ccco2)cc1S(=O)(=O)N1CCOCC1. The molecule has 1 aromatic heterocycles. The monoisotopic (exact) mass is 393 g/mol. The number of amides is 2. The van der Waals surface area contributed by atoms with E-state index in [1.807, 2.05) is 0 Å². The zero-order valence-corrected chi connectivity index (χ0v) is 15.4. The van der Waals surface area contributed by atoms with Gasteiger partial charge in [0.2, 0.25) is 10.0 Å². The molecule has 3 rings (SSSR count). The zero-order chi connectivity index (χ0) is 19.4. The lowest BCUT2D eigenvalue weighted by molar-refractivity contribution is 0.0730. The van der Waals surface area contributed by atoms with E-state index < -0.39 is 21.8 Å². The molecule has 9 nitrogen and oxygen atoms in total. The first-order chi connectivity index (χ1) is 12.9. The third kappa shape index (κ3) is 4.18. The van der Waals surface area contributed by atoms with Crippen molar-refractivity contribution >= 4 is 21.8 Å². The number of nitrogens with one attached hydrogen (secondary N) is 2. The van der Waals surface area contributed by atoms with Crippen molar-refractivity contribution in [2.75, 3.05) is 26.3 Å².